The molecule has 0 saturated heterocycles. The molecule has 0 aliphatic rings. The van der Waals surface area contributed by atoms with Crippen molar-refractivity contribution in [2.45, 2.75) is 0 Å². The third-order valence-corrected chi connectivity index (χ3v) is 2.11. The molecule has 2 heterocycles. The molecule has 86 valence electrons. The van der Waals surface area contributed by atoms with E-state index in [4.69, 9.17) is 5.11 Å². The molecular formula is C12H10N2O3. The van der Waals surface area contributed by atoms with Crippen molar-refractivity contribution in [3.63, 3.8) is 0 Å². The number of aromatic carboxylic acids is 1. The number of nitrogens with one attached hydrogen (secondary N) is 1. The molecule has 0 unspecified atom stereocenters. The minimum absolute atomic E-state index is 0.0648. The second kappa shape index (κ2) is 4.98. The van der Waals surface area contributed by atoms with Crippen LogP contribution in [0.25, 0.3) is 10.9 Å². The summed E-state index contributed by atoms with van der Waals surface area (Å²) in [4.78, 5) is 16.4. The van der Waals surface area contributed by atoms with E-state index in [1.165, 1.54) is 10.9 Å². The summed E-state index contributed by atoms with van der Waals surface area (Å²) in [7, 11) is 0. The van der Waals surface area contributed by atoms with Gasteiger partial charge in [-0.25, -0.2) is 9.78 Å². The Morgan fingerprint density at radius 3 is 2.71 bits per heavy atom. The van der Waals surface area contributed by atoms with Crippen molar-refractivity contribution in [2.75, 3.05) is 0 Å². The van der Waals surface area contributed by atoms with E-state index in [1.807, 2.05) is 18.3 Å². The number of carbonyl (C=O) groups is 1. The molecule has 0 aliphatic carbocycles. The Balaban J connectivity index is 0.000000128. The smallest absolute Gasteiger partial charge is 0.357 e. The summed E-state index contributed by atoms with van der Waals surface area (Å²) < 4.78 is 4.38. The minimum Gasteiger partial charge on any atom is -0.476 e. The van der Waals surface area contributed by atoms with Gasteiger partial charge in [0.25, 0.3) is 0 Å². The highest BCUT2D eigenvalue weighted by atomic mass is 16.4. The highest BCUT2D eigenvalue weighted by Gasteiger charge is 2.02. The first-order valence-electron chi connectivity index (χ1n) is 4.91. The van der Waals surface area contributed by atoms with Gasteiger partial charge in [-0.2, -0.15) is 0 Å². The second-order valence-electron chi connectivity index (χ2n) is 3.24. The van der Waals surface area contributed by atoms with Crippen molar-refractivity contribution in [1.82, 2.24) is 9.97 Å². The number of fused-ring (bicyclic) bond motifs is 1. The fourth-order valence-corrected chi connectivity index (χ4v) is 1.31. The summed E-state index contributed by atoms with van der Waals surface area (Å²) in [6, 6.07) is 10.3. The lowest BCUT2D eigenvalue weighted by Crippen LogP contribution is -1.94. The van der Waals surface area contributed by atoms with Gasteiger partial charge in [0.15, 0.2) is 12.1 Å². The molecule has 0 atom stereocenters. The largest absolute Gasteiger partial charge is 0.476 e. The number of carboxylic acid groups (broad SMARTS) is 1. The van der Waals surface area contributed by atoms with E-state index in [0.717, 1.165) is 12.7 Å². The molecule has 5 nitrogen and oxygen atoms in total. The third-order valence-electron chi connectivity index (χ3n) is 2.11. The molecule has 5 heteroatoms. The average molecular weight is 230 g/mol. The molecule has 0 radical (unpaired) electrons. The van der Waals surface area contributed by atoms with E-state index in [0.29, 0.717) is 0 Å². The molecule has 1 aromatic carbocycles. The maximum atomic E-state index is 9.94. The van der Waals surface area contributed by atoms with Crippen molar-refractivity contribution >= 4 is 16.9 Å². The summed E-state index contributed by atoms with van der Waals surface area (Å²) in [5, 5.41) is 9.43. The van der Waals surface area contributed by atoms with Crippen LogP contribution < -0.4 is 0 Å². The molecule has 17 heavy (non-hydrogen) atoms. The maximum absolute atomic E-state index is 9.94. The van der Waals surface area contributed by atoms with Crippen molar-refractivity contribution in [3.8, 4) is 0 Å². The molecular weight excluding hydrogens is 220 g/mol. The van der Waals surface area contributed by atoms with Crippen LogP contribution in [0.4, 0.5) is 0 Å². The van der Waals surface area contributed by atoms with Gasteiger partial charge in [0.2, 0.25) is 0 Å². The van der Waals surface area contributed by atoms with E-state index in [2.05, 4.69) is 32.6 Å². The SMILES string of the molecule is O=C(O)c1cocn1.c1ccc2[nH]ccc2c1. The highest BCUT2D eigenvalue weighted by molar-refractivity contribution is 5.84. The Kier molecular flexibility index (Phi) is 3.20. The van der Waals surface area contributed by atoms with E-state index in [9.17, 15) is 4.79 Å². The lowest BCUT2D eigenvalue weighted by molar-refractivity contribution is 0.0690. The summed E-state index contributed by atoms with van der Waals surface area (Å²) in [5.41, 5.74) is 1.14. The number of rotatable bonds is 1. The van der Waals surface area contributed by atoms with Gasteiger partial charge in [-0.3, -0.25) is 0 Å². The number of benzene rings is 1. The lowest BCUT2D eigenvalue weighted by Gasteiger charge is -1.83. The minimum atomic E-state index is -1.07. The normalized spacial score (nSPS) is 9.65. The Hall–Kier alpha value is -2.56. The summed E-state index contributed by atoms with van der Waals surface area (Å²) >= 11 is 0. The quantitative estimate of drug-likeness (QED) is 0.673. The number of H-pyrrole nitrogens is 1. The zero-order valence-electron chi connectivity index (χ0n) is 8.83. The summed E-state index contributed by atoms with van der Waals surface area (Å²) in [6.45, 7) is 0. The van der Waals surface area contributed by atoms with E-state index in [1.54, 1.807) is 0 Å². The van der Waals surface area contributed by atoms with Gasteiger partial charge in [-0.05, 0) is 17.5 Å². The van der Waals surface area contributed by atoms with Crippen LogP contribution in [0, 0.1) is 0 Å². The molecule has 3 aromatic rings. The van der Waals surface area contributed by atoms with Gasteiger partial charge >= 0.3 is 5.97 Å². The van der Waals surface area contributed by atoms with Crippen LogP contribution >= 0.6 is 0 Å². The number of para-hydroxylation sites is 1. The number of nitrogens with zero attached hydrogens (tertiary/aromatic N) is 1. The number of hydrogen-bond donors (Lipinski definition) is 2. The van der Waals surface area contributed by atoms with E-state index >= 15 is 0 Å². The monoisotopic (exact) mass is 230 g/mol. The van der Waals surface area contributed by atoms with Crippen LogP contribution in [0.3, 0.4) is 0 Å². The molecule has 0 fully saturated rings. The molecule has 2 aromatic heterocycles. The zero-order valence-corrected chi connectivity index (χ0v) is 8.83. The first-order chi connectivity index (χ1) is 8.27. The Morgan fingerprint density at radius 1 is 1.29 bits per heavy atom. The Bertz CT molecular complexity index is 569. The number of aromatic amines is 1. The number of oxazole rings is 1. The molecule has 0 spiro atoms. The van der Waals surface area contributed by atoms with Gasteiger partial charge in [-0.1, -0.05) is 18.2 Å². The Morgan fingerprint density at radius 2 is 2.12 bits per heavy atom. The first kappa shape index (κ1) is 10.9. The lowest BCUT2D eigenvalue weighted by atomic mass is 10.3. The molecule has 0 saturated carbocycles. The standard InChI is InChI=1S/C8H7N.C4H3NO3/c1-2-4-8-7(3-1)5-6-9-8;6-4(7)3-1-8-2-5-3/h1-6,9H;1-2H,(H,6,7). The van der Waals surface area contributed by atoms with Gasteiger partial charge in [0.05, 0.1) is 0 Å². The average Bonchev–Trinajstić information content (AvgIpc) is 3.01. The van der Waals surface area contributed by atoms with E-state index in [-0.39, 0.29) is 5.69 Å². The Labute approximate surface area is 96.7 Å². The summed E-state index contributed by atoms with van der Waals surface area (Å²) in [5.74, 6) is -1.07. The molecule has 0 bridgehead atoms. The van der Waals surface area contributed by atoms with Crippen LogP contribution in [-0.4, -0.2) is 21.0 Å². The fourth-order valence-electron chi connectivity index (χ4n) is 1.31. The molecule has 0 amide bonds. The van der Waals surface area contributed by atoms with E-state index < -0.39 is 5.97 Å². The summed E-state index contributed by atoms with van der Waals surface area (Å²) in [6.07, 6.45) is 4.09. The second-order valence-corrected chi connectivity index (χ2v) is 3.24. The number of aromatic nitrogens is 2. The van der Waals surface area contributed by atoms with Crippen molar-refractivity contribution in [3.05, 3.63) is 54.9 Å². The van der Waals surface area contributed by atoms with Gasteiger partial charge in [-0.15, -0.1) is 0 Å². The van der Waals surface area contributed by atoms with Crippen LogP contribution in [0.15, 0.2) is 53.6 Å². The maximum Gasteiger partial charge on any atom is 0.357 e. The van der Waals surface area contributed by atoms with Crippen LogP contribution in [0.5, 0.6) is 0 Å². The van der Waals surface area contributed by atoms with Crippen LogP contribution in [0.2, 0.25) is 0 Å². The predicted molar refractivity (Wildman–Crippen MR) is 61.8 cm³/mol. The molecule has 3 rings (SSSR count). The van der Waals surface area contributed by atoms with Crippen LogP contribution in [0.1, 0.15) is 10.5 Å². The van der Waals surface area contributed by atoms with Gasteiger partial charge < -0.3 is 14.5 Å². The van der Waals surface area contributed by atoms with Gasteiger partial charge in [0, 0.05) is 11.7 Å². The fraction of sp³-hybridized carbons (Fsp3) is 0. The first-order valence-corrected chi connectivity index (χ1v) is 4.91. The predicted octanol–water partition coefficient (Wildman–Crippen LogP) is 2.54. The number of hydrogen-bond acceptors (Lipinski definition) is 3. The number of carboxylic acids is 1. The van der Waals surface area contributed by atoms with Crippen LogP contribution in [-0.2, 0) is 0 Å². The third kappa shape index (κ3) is 2.72. The van der Waals surface area contributed by atoms with Crippen molar-refractivity contribution in [1.29, 1.82) is 0 Å². The van der Waals surface area contributed by atoms with Crippen molar-refractivity contribution in [2.24, 2.45) is 0 Å². The zero-order chi connectivity index (χ0) is 12.1. The van der Waals surface area contributed by atoms with Gasteiger partial charge in [0.1, 0.15) is 6.26 Å². The molecule has 2 N–H and O–H groups in total. The van der Waals surface area contributed by atoms with Crippen molar-refractivity contribution < 1.29 is 14.3 Å². The topological polar surface area (TPSA) is 79.1 Å². The molecule has 0 aliphatic heterocycles. The highest BCUT2D eigenvalue weighted by Crippen LogP contribution is 2.09.